The summed E-state index contributed by atoms with van der Waals surface area (Å²) in [6, 6.07) is 7.86. The fourth-order valence-corrected chi connectivity index (χ4v) is 2.73. The minimum atomic E-state index is -3.22. The second-order valence-corrected chi connectivity index (χ2v) is 6.93. The molecule has 0 fully saturated rings. The lowest BCUT2D eigenvalue weighted by Gasteiger charge is -2.15. The number of aliphatic hydroxyl groups is 1. The smallest absolute Gasteiger partial charge is 0.303 e. The van der Waals surface area contributed by atoms with E-state index >= 15 is 0 Å². The number of aromatic nitrogens is 4. The Labute approximate surface area is 166 Å². The largest absolute Gasteiger partial charge is 0.394 e. The Balaban J connectivity index is 2.14. The molecule has 2 aromatic heterocycles. The van der Waals surface area contributed by atoms with Crippen LogP contribution in [0, 0.1) is 6.92 Å². The van der Waals surface area contributed by atoms with E-state index in [0.29, 0.717) is 11.3 Å². The molecule has 0 saturated heterocycles. The van der Waals surface area contributed by atoms with E-state index in [4.69, 9.17) is 0 Å². The second-order valence-electron chi connectivity index (χ2n) is 6.93. The third-order valence-corrected chi connectivity index (χ3v) is 4.22. The van der Waals surface area contributed by atoms with Crippen LogP contribution in [-0.2, 0) is 5.92 Å². The first kappa shape index (κ1) is 20.5. The zero-order valence-electron chi connectivity index (χ0n) is 16.2. The molecule has 0 bridgehead atoms. The summed E-state index contributed by atoms with van der Waals surface area (Å²) in [6.45, 7) is 4.05. The molecule has 2 N–H and O–H groups in total. The van der Waals surface area contributed by atoms with Crippen molar-refractivity contribution < 1.29 is 18.7 Å². The van der Waals surface area contributed by atoms with Gasteiger partial charge in [-0.25, -0.2) is 9.67 Å². The Bertz CT molecular complexity index is 1010. The predicted molar refractivity (Wildman–Crippen MR) is 103 cm³/mol. The molecule has 0 saturated carbocycles. The van der Waals surface area contributed by atoms with Crippen molar-refractivity contribution in [2.24, 2.45) is 0 Å². The van der Waals surface area contributed by atoms with Crippen molar-refractivity contribution in [3.8, 4) is 16.9 Å². The molecule has 9 heteroatoms. The van der Waals surface area contributed by atoms with Gasteiger partial charge in [0, 0.05) is 30.3 Å². The zero-order valence-corrected chi connectivity index (χ0v) is 16.2. The van der Waals surface area contributed by atoms with Gasteiger partial charge in [0.15, 0.2) is 0 Å². The van der Waals surface area contributed by atoms with Crippen LogP contribution in [0.1, 0.15) is 35.6 Å². The average molecular weight is 401 g/mol. The molecule has 1 unspecified atom stereocenters. The van der Waals surface area contributed by atoms with Crippen molar-refractivity contribution in [1.29, 1.82) is 0 Å². The standard InChI is InChI=1S/C20H21F2N5O2/c1-12-4-5-17(23-9-12)14-6-15(18(29)26-13(2)10-28)8-16(7-14)27-19(20(3,21)22)24-11-25-27/h4-9,11,13,28H,10H2,1-3H3,(H,26,29). The molecule has 3 aromatic rings. The van der Waals surface area contributed by atoms with Crippen molar-refractivity contribution in [3.63, 3.8) is 0 Å². The number of pyridine rings is 1. The number of nitrogens with one attached hydrogen (secondary N) is 1. The van der Waals surface area contributed by atoms with Crippen LogP contribution in [0.3, 0.4) is 0 Å². The molecule has 1 aromatic carbocycles. The lowest BCUT2D eigenvalue weighted by Crippen LogP contribution is -2.35. The minimum absolute atomic E-state index is 0.223. The van der Waals surface area contributed by atoms with Gasteiger partial charge in [-0.3, -0.25) is 9.78 Å². The molecule has 0 aliphatic heterocycles. The van der Waals surface area contributed by atoms with Gasteiger partial charge in [-0.05, 0) is 43.7 Å². The third kappa shape index (κ3) is 4.62. The number of aliphatic hydroxyl groups excluding tert-OH is 1. The Morgan fingerprint density at radius 1 is 1.28 bits per heavy atom. The van der Waals surface area contributed by atoms with Crippen LogP contribution in [0.25, 0.3) is 16.9 Å². The zero-order chi connectivity index (χ0) is 21.2. The van der Waals surface area contributed by atoms with Crippen molar-refractivity contribution in [3.05, 3.63) is 59.8 Å². The summed E-state index contributed by atoms with van der Waals surface area (Å²) >= 11 is 0. The van der Waals surface area contributed by atoms with E-state index in [2.05, 4.69) is 20.4 Å². The first-order chi connectivity index (χ1) is 13.7. The van der Waals surface area contributed by atoms with Crippen molar-refractivity contribution >= 4 is 5.91 Å². The summed E-state index contributed by atoms with van der Waals surface area (Å²) < 4.78 is 28.9. The lowest BCUT2D eigenvalue weighted by molar-refractivity contribution is 0.00554. The van der Waals surface area contributed by atoms with Crippen LogP contribution < -0.4 is 5.32 Å². The van der Waals surface area contributed by atoms with Crippen LogP contribution >= 0.6 is 0 Å². The summed E-state index contributed by atoms with van der Waals surface area (Å²) in [5.41, 5.74) is 2.57. The molecule has 0 radical (unpaired) electrons. The normalized spacial score (nSPS) is 12.6. The summed E-state index contributed by atoms with van der Waals surface area (Å²) in [4.78, 5) is 20.6. The number of carbonyl (C=O) groups excluding carboxylic acids is 1. The Kier molecular flexibility index (Phi) is 5.69. The molecular weight excluding hydrogens is 380 g/mol. The van der Waals surface area contributed by atoms with Crippen LogP contribution in [0.15, 0.2) is 42.9 Å². The lowest BCUT2D eigenvalue weighted by atomic mass is 10.0. The van der Waals surface area contributed by atoms with Gasteiger partial charge in [-0.1, -0.05) is 6.07 Å². The maximum absolute atomic E-state index is 13.9. The number of aryl methyl sites for hydroxylation is 1. The number of hydrogen-bond acceptors (Lipinski definition) is 5. The number of alkyl halides is 2. The van der Waals surface area contributed by atoms with Crippen LogP contribution in [0.4, 0.5) is 8.78 Å². The highest BCUT2D eigenvalue weighted by Gasteiger charge is 2.31. The van der Waals surface area contributed by atoms with Gasteiger partial charge in [0.05, 0.1) is 18.0 Å². The van der Waals surface area contributed by atoms with Gasteiger partial charge < -0.3 is 10.4 Å². The van der Waals surface area contributed by atoms with Crippen LogP contribution in [0.5, 0.6) is 0 Å². The van der Waals surface area contributed by atoms with Gasteiger partial charge in [0.2, 0.25) is 5.82 Å². The predicted octanol–water partition coefficient (Wildman–Crippen LogP) is 2.86. The average Bonchev–Trinajstić information content (AvgIpc) is 3.18. The topological polar surface area (TPSA) is 92.9 Å². The number of benzene rings is 1. The molecule has 1 atom stereocenters. The minimum Gasteiger partial charge on any atom is -0.394 e. The van der Waals surface area contributed by atoms with E-state index in [1.807, 2.05) is 13.0 Å². The van der Waals surface area contributed by atoms with Gasteiger partial charge in [-0.2, -0.15) is 13.9 Å². The summed E-state index contributed by atoms with van der Waals surface area (Å²) in [7, 11) is 0. The summed E-state index contributed by atoms with van der Waals surface area (Å²) in [6.07, 6.45) is 2.72. The van der Waals surface area contributed by atoms with Crippen LogP contribution in [-0.4, -0.2) is 43.4 Å². The highest BCUT2D eigenvalue weighted by molar-refractivity contribution is 5.96. The van der Waals surface area contributed by atoms with Crippen LogP contribution in [0.2, 0.25) is 0 Å². The van der Waals surface area contributed by atoms with E-state index in [1.54, 1.807) is 31.3 Å². The number of amides is 1. The van der Waals surface area contributed by atoms with Gasteiger partial charge >= 0.3 is 5.92 Å². The van der Waals surface area contributed by atoms with Gasteiger partial charge in [0.25, 0.3) is 5.91 Å². The molecule has 7 nitrogen and oxygen atoms in total. The van der Waals surface area contributed by atoms with E-state index in [1.165, 1.54) is 6.07 Å². The molecule has 3 rings (SSSR count). The van der Waals surface area contributed by atoms with Gasteiger partial charge in [-0.15, -0.1) is 0 Å². The maximum Gasteiger partial charge on any atom is 0.303 e. The summed E-state index contributed by atoms with van der Waals surface area (Å²) in [5, 5.41) is 15.8. The molecule has 0 aliphatic carbocycles. The van der Waals surface area contributed by atoms with E-state index in [0.717, 1.165) is 23.5 Å². The molecule has 2 heterocycles. The number of carbonyl (C=O) groups is 1. The number of nitrogens with zero attached hydrogens (tertiary/aromatic N) is 4. The molecule has 0 aliphatic rings. The number of hydrogen-bond donors (Lipinski definition) is 2. The SMILES string of the molecule is Cc1ccc(-c2cc(C(=O)NC(C)CO)cc(-n3ncnc3C(C)(F)F)c2)nc1. The Hall–Kier alpha value is -3.20. The quantitative estimate of drug-likeness (QED) is 0.663. The van der Waals surface area contributed by atoms with E-state index < -0.39 is 23.7 Å². The Morgan fingerprint density at radius 2 is 2.03 bits per heavy atom. The fourth-order valence-electron chi connectivity index (χ4n) is 2.73. The molecule has 152 valence electrons. The first-order valence-electron chi connectivity index (χ1n) is 8.97. The van der Waals surface area contributed by atoms with Crippen molar-refractivity contribution in [2.75, 3.05) is 6.61 Å². The first-order valence-corrected chi connectivity index (χ1v) is 8.97. The van der Waals surface area contributed by atoms with E-state index in [-0.39, 0.29) is 17.9 Å². The second kappa shape index (κ2) is 8.04. The van der Waals surface area contributed by atoms with Gasteiger partial charge in [0.1, 0.15) is 6.33 Å². The van der Waals surface area contributed by atoms with E-state index in [9.17, 15) is 18.7 Å². The molecule has 0 spiro atoms. The maximum atomic E-state index is 13.9. The van der Waals surface area contributed by atoms with Crippen molar-refractivity contribution in [2.45, 2.75) is 32.7 Å². The highest BCUT2D eigenvalue weighted by atomic mass is 19.3. The fraction of sp³-hybridized carbons (Fsp3) is 0.300. The summed E-state index contributed by atoms with van der Waals surface area (Å²) in [5.74, 6) is -4.21. The monoisotopic (exact) mass is 401 g/mol. The van der Waals surface area contributed by atoms with Crippen molar-refractivity contribution in [1.82, 2.24) is 25.1 Å². The highest BCUT2D eigenvalue weighted by Crippen LogP contribution is 2.29. The number of halogens is 2. The molecule has 29 heavy (non-hydrogen) atoms. The third-order valence-electron chi connectivity index (χ3n) is 4.22. The Morgan fingerprint density at radius 3 is 2.66 bits per heavy atom. The number of rotatable bonds is 6. The molecule has 1 amide bonds. The molecular formula is C20H21F2N5O2.